The van der Waals surface area contributed by atoms with Crippen molar-refractivity contribution in [3.05, 3.63) is 35.9 Å². The maximum absolute atomic E-state index is 13.1. The number of ether oxygens (including phenoxy) is 1. The van der Waals surface area contributed by atoms with E-state index in [2.05, 4.69) is 16.0 Å². The number of alkyl carbamates (subject to hydrolysis) is 1. The van der Waals surface area contributed by atoms with Gasteiger partial charge < -0.3 is 26.4 Å². The number of benzene rings is 1. The maximum Gasteiger partial charge on any atom is 0.408 e. The van der Waals surface area contributed by atoms with E-state index in [-0.39, 0.29) is 18.4 Å². The Kier molecular flexibility index (Phi) is 12.7. The first-order chi connectivity index (χ1) is 16.0. The minimum Gasteiger partial charge on any atom is -0.445 e. The standard InChI is InChI=1S/C25H40N4O5/c1-6-10-19(22(26)30)27-23(31)20(13-16(2)3)28-24(32)21(14-17(4)5)29-25(33)34-15-18-11-8-7-9-12-18/h7-9,11-12,16-17,19-21H,6,10,13-15H2,1-5H3,(H2,26,30)(H,27,31)(H,28,32)(H,29,33)/t19-,20?,21-/m0/s1. The number of carbonyl (C=O) groups is 4. The van der Waals surface area contributed by atoms with Crippen molar-refractivity contribution in [2.75, 3.05) is 0 Å². The first-order valence-corrected chi connectivity index (χ1v) is 11.9. The number of hydrogen-bond donors (Lipinski definition) is 4. The highest BCUT2D eigenvalue weighted by Gasteiger charge is 2.30. The predicted molar refractivity (Wildman–Crippen MR) is 130 cm³/mol. The van der Waals surface area contributed by atoms with Crippen molar-refractivity contribution in [2.45, 2.75) is 85.0 Å². The molecule has 4 amide bonds. The predicted octanol–water partition coefficient (Wildman–Crippen LogP) is 2.63. The molecule has 1 aromatic rings. The summed E-state index contributed by atoms with van der Waals surface area (Å²) >= 11 is 0. The van der Waals surface area contributed by atoms with E-state index in [0.717, 1.165) is 5.56 Å². The van der Waals surface area contributed by atoms with E-state index in [1.54, 1.807) is 0 Å². The van der Waals surface area contributed by atoms with E-state index < -0.39 is 41.9 Å². The Morgan fingerprint density at radius 2 is 1.32 bits per heavy atom. The molecule has 9 nitrogen and oxygen atoms in total. The molecule has 1 aromatic carbocycles. The van der Waals surface area contributed by atoms with Crippen LogP contribution < -0.4 is 21.7 Å². The second-order valence-electron chi connectivity index (χ2n) is 9.33. The lowest BCUT2D eigenvalue weighted by atomic mass is 9.99. The number of amides is 4. The summed E-state index contributed by atoms with van der Waals surface area (Å²) in [6.07, 6.45) is 1.09. The molecule has 0 heterocycles. The molecule has 3 atom stereocenters. The minimum atomic E-state index is -0.881. The third-order valence-corrected chi connectivity index (χ3v) is 5.11. The van der Waals surface area contributed by atoms with E-state index in [0.29, 0.717) is 25.7 Å². The summed E-state index contributed by atoms with van der Waals surface area (Å²) in [5.74, 6) is -1.38. The number of primary amides is 1. The van der Waals surface area contributed by atoms with Crippen molar-refractivity contribution in [1.82, 2.24) is 16.0 Å². The van der Waals surface area contributed by atoms with Crippen LogP contribution >= 0.6 is 0 Å². The molecule has 0 saturated carbocycles. The summed E-state index contributed by atoms with van der Waals surface area (Å²) in [6.45, 7) is 9.67. The van der Waals surface area contributed by atoms with Crippen LogP contribution in [0, 0.1) is 11.8 Å². The van der Waals surface area contributed by atoms with Gasteiger partial charge in [0.25, 0.3) is 0 Å². The zero-order valence-electron chi connectivity index (χ0n) is 20.9. The molecule has 0 aliphatic rings. The third-order valence-electron chi connectivity index (χ3n) is 5.11. The molecule has 0 fully saturated rings. The summed E-state index contributed by atoms with van der Waals surface area (Å²) in [4.78, 5) is 50.0. The third kappa shape index (κ3) is 11.2. The van der Waals surface area contributed by atoms with Gasteiger partial charge in [-0.1, -0.05) is 71.4 Å². The molecule has 9 heteroatoms. The quantitative estimate of drug-likeness (QED) is 0.327. The molecule has 0 aliphatic carbocycles. The van der Waals surface area contributed by atoms with Crippen LogP contribution in [-0.4, -0.2) is 41.9 Å². The van der Waals surface area contributed by atoms with Gasteiger partial charge in [-0.3, -0.25) is 14.4 Å². The lowest BCUT2D eigenvalue weighted by Gasteiger charge is -2.26. The average Bonchev–Trinajstić information content (AvgIpc) is 2.76. The van der Waals surface area contributed by atoms with Crippen molar-refractivity contribution in [3.63, 3.8) is 0 Å². The van der Waals surface area contributed by atoms with E-state index in [4.69, 9.17) is 10.5 Å². The molecule has 5 N–H and O–H groups in total. The van der Waals surface area contributed by atoms with Gasteiger partial charge in [0.2, 0.25) is 17.7 Å². The van der Waals surface area contributed by atoms with Crippen molar-refractivity contribution < 1.29 is 23.9 Å². The first kappa shape index (κ1) is 28.9. The van der Waals surface area contributed by atoms with Crippen LogP contribution in [0.4, 0.5) is 4.79 Å². The second kappa shape index (κ2) is 14.9. The van der Waals surface area contributed by atoms with Gasteiger partial charge in [0, 0.05) is 0 Å². The van der Waals surface area contributed by atoms with E-state index in [9.17, 15) is 19.2 Å². The molecule has 0 aliphatic heterocycles. The van der Waals surface area contributed by atoms with Gasteiger partial charge in [0.1, 0.15) is 24.7 Å². The van der Waals surface area contributed by atoms with E-state index >= 15 is 0 Å². The first-order valence-electron chi connectivity index (χ1n) is 11.9. The molecule has 190 valence electrons. The molecule has 34 heavy (non-hydrogen) atoms. The molecular weight excluding hydrogens is 436 g/mol. The molecule has 0 spiro atoms. The summed E-state index contributed by atoms with van der Waals surface area (Å²) in [5, 5.41) is 8.01. The Balaban J connectivity index is 2.86. The SMILES string of the molecule is CCC[C@H](NC(=O)C(CC(C)C)NC(=O)[C@H](CC(C)C)NC(=O)OCc1ccccc1)C(N)=O. The van der Waals surface area contributed by atoms with Crippen molar-refractivity contribution in [2.24, 2.45) is 17.6 Å². The minimum absolute atomic E-state index is 0.0764. The maximum atomic E-state index is 13.1. The van der Waals surface area contributed by atoms with Crippen LogP contribution in [0.2, 0.25) is 0 Å². The van der Waals surface area contributed by atoms with E-state index in [1.165, 1.54) is 0 Å². The molecular formula is C25H40N4O5. The Hall–Kier alpha value is -3.10. The lowest BCUT2D eigenvalue weighted by molar-refractivity contribution is -0.132. The number of nitrogens with two attached hydrogens (primary N) is 1. The molecule has 0 bridgehead atoms. The Morgan fingerprint density at radius 3 is 1.79 bits per heavy atom. The Morgan fingerprint density at radius 1 is 0.824 bits per heavy atom. The normalized spacial score (nSPS) is 13.6. The molecule has 0 aromatic heterocycles. The fourth-order valence-corrected chi connectivity index (χ4v) is 3.43. The smallest absolute Gasteiger partial charge is 0.408 e. The van der Waals surface area contributed by atoms with Crippen LogP contribution in [0.5, 0.6) is 0 Å². The largest absolute Gasteiger partial charge is 0.445 e. The monoisotopic (exact) mass is 476 g/mol. The molecule has 1 rings (SSSR count). The highest BCUT2D eigenvalue weighted by molar-refractivity contribution is 5.93. The van der Waals surface area contributed by atoms with E-state index in [1.807, 2.05) is 65.0 Å². The van der Waals surface area contributed by atoms with Gasteiger partial charge in [-0.25, -0.2) is 4.79 Å². The lowest BCUT2D eigenvalue weighted by Crippen LogP contribution is -2.56. The molecule has 0 radical (unpaired) electrons. The highest BCUT2D eigenvalue weighted by atomic mass is 16.5. The van der Waals surface area contributed by atoms with Gasteiger partial charge in [0.05, 0.1) is 0 Å². The van der Waals surface area contributed by atoms with Crippen LogP contribution in [-0.2, 0) is 25.7 Å². The zero-order chi connectivity index (χ0) is 25.7. The second-order valence-corrected chi connectivity index (χ2v) is 9.33. The summed E-state index contributed by atoms with van der Waals surface area (Å²) in [5.41, 5.74) is 6.23. The number of carbonyl (C=O) groups excluding carboxylic acids is 4. The van der Waals surface area contributed by atoms with Crippen molar-refractivity contribution in [3.8, 4) is 0 Å². The van der Waals surface area contributed by atoms with Gasteiger partial charge in [0.15, 0.2) is 0 Å². The average molecular weight is 477 g/mol. The van der Waals surface area contributed by atoms with Crippen molar-refractivity contribution >= 4 is 23.8 Å². The topological polar surface area (TPSA) is 140 Å². The van der Waals surface area contributed by atoms with Gasteiger partial charge >= 0.3 is 6.09 Å². The van der Waals surface area contributed by atoms with Crippen LogP contribution in [0.15, 0.2) is 30.3 Å². The summed E-state index contributed by atoms with van der Waals surface area (Å²) in [7, 11) is 0. The van der Waals surface area contributed by atoms with Crippen LogP contribution in [0.1, 0.15) is 65.9 Å². The summed E-state index contributed by atoms with van der Waals surface area (Å²) < 4.78 is 5.25. The molecule has 1 unspecified atom stereocenters. The Labute approximate surface area is 202 Å². The highest BCUT2D eigenvalue weighted by Crippen LogP contribution is 2.10. The van der Waals surface area contributed by atoms with Gasteiger partial charge in [-0.05, 0) is 36.7 Å². The fraction of sp³-hybridized carbons (Fsp3) is 0.600. The number of rotatable bonds is 14. The summed E-state index contributed by atoms with van der Waals surface area (Å²) in [6, 6.07) is 6.66. The van der Waals surface area contributed by atoms with Crippen LogP contribution in [0.3, 0.4) is 0 Å². The fourth-order valence-electron chi connectivity index (χ4n) is 3.43. The Bertz CT molecular complexity index is 798. The van der Waals surface area contributed by atoms with Gasteiger partial charge in [-0.15, -0.1) is 0 Å². The van der Waals surface area contributed by atoms with Crippen LogP contribution in [0.25, 0.3) is 0 Å². The molecule has 0 saturated heterocycles. The number of nitrogens with one attached hydrogen (secondary N) is 3. The van der Waals surface area contributed by atoms with Crippen molar-refractivity contribution in [1.29, 1.82) is 0 Å². The number of hydrogen-bond acceptors (Lipinski definition) is 5. The van der Waals surface area contributed by atoms with Gasteiger partial charge in [-0.2, -0.15) is 0 Å². The zero-order valence-corrected chi connectivity index (χ0v) is 20.9.